The number of hydrogen-bond donors (Lipinski definition) is 1. The first-order chi connectivity index (χ1) is 4.25. The van der Waals surface area contributed by atoms with Crippen LogP contribution in [0.2, 0.25) is 0 Å². The van der Waals surface area contributed by atoms with Crippen LogP contribution in [0.25, 0.3) is 0 Å². The summed E-state index contributed by atoms with van der Waals surface area (Å²) in [5.41, 5.74) is 0. The Balaban J connectivity index is 2.47. The van der Waals surface area contributed by atoms with Crippen LogP contribution in [0.3, 0.4) is 0 Å². The molecule has 3 nitrogen and oxygen atoms in total. The average Bonchev–Trinajstić information content (AvgIpc) is 1.61. The molecule has 1 rings (SSSR count). The molecule has 3 heteroatoms. The van der Waals surface area contributed by atoms with Crippen LogP contribution in [-0.4, -0.2) is 11.1 Å². The van der Waals surface area contributed by atoms with Crippen molar-refractivity contribution in [3.05, 3.63) is 0 Å². The van der Waals surface area contributed by atoms with Crippen molar-refractivity contribution < 1.29 is 9.90 Å². The van der Waals surface area contributed by atoms with Gasteiger partial charge in [0.05, 0.1) is 17.9 Å². The number of carbonyl (C=O) groups is 1. The van der Waals surface area contributed by atoms with Gasteiger partial charge >= 0.3 is 5.97 Å². The lowest BCUT2D eigenvalue weighted by molar-refractivity contribution is -0.146. The first-order valence-electron chi connectivity index (χ1n) is 2.88. The molecule has 9 heavy (non-hydrogen) atoms. The fraction of sp³-hybridized carbons (Fsp3) is 0.667. The second-order valence-corrected chi connectivity index (χ2v) is 2.26. The molecule has 0 saturated heterocycles. The zero-order chi connectivity index (χ0) is 6.85. The van der Waals surface area contributed by atoms with E-state index < -0.39 is 5.97 Å². The zero-order valence-corrected chi connectivity index (χ0v) is 4.87. The summed E-state index contributed by atoms with van der Waals surface area (Å²) in [4.78, 5) is 10.2. The van der Waals surface area contributed by atoms with Crippen molar-refractivity contribution >= 4 is 5.97 Å². The number of carboxylic acids is 1. The van der Waals surface area contributed by atoms with Gasteiger partial charge in [0.15, 0.2) is 0 Å². The van der Waals surface area contributed by atoms with E-state index in [1.54, 1.807) is 0 Å². The molecular weight excluding hydrogens is 118 g/mol. The quantitative estimate of drug-likeness (QED) is 0.558. The highest BCUT2D eigenvalue weighted by atomic mass is 16.4. The third-order valence-electron chi connectivity index (χ3n) is 1.76. The highest BCUT2D eigenvalue weighted by Crippen LogP contribution is 2.33. The first kappa shape index (κ1) is 6.09. The molecule has 0 unspecified atom stereocenters. The van der Waals surface area contributed by atoms with Gasteiger partial charge in [0.25, 0.3) is 0 Å². The van der Waals surface area contributed by atoms with Gasteiger partial charge in [-0.2, -0.15) is 5.26 Å². The largest absolute Gasteiger partial charge is 0.481 e. The number of aliphatic carboxylic acids is 1. The molecule has 1 fully saturated rings. The molecule has 0 radical (unpaired) electrons. The fourth-order valence-corrected chi connectivity index (χ4v) is 0.950. The fourth-order valence-electron chi connectivity index (χ4n) is 0.950. The van der Waals surface area contributed by atoms with Crippen LogP contribution in [0.5, 0.6) is 0 Å². The van der Waals surface area contributed by atoms with E-state index in [-0.39, 0.29) is 11.8 Å². The summed E-state index contributed by atoms with van der Waals surface area (Å²) in [6.07, 6.45) is 1.43. The molecule has 0 spiro atoms. The Hall–Kier alpha value is -1.04. The highest BCUT2D eigenvalue weighted by Gasteiger charge is 2.36. The Labute approximate surface area is 52.9 Å². The monoisotopic (exact) mass is 125 g/mol. The molecule has 0 bridgehead atoms. The van der Waals surface area contributed by atoms with E-state index in [1.165, 1.54) is 0 Å². The molecular formula is C6H7NO2. The third-order valence-corrected chi connectivity index (χ3v) is 1.76. The van der Waals surface area contributed by atoms with Gasteiger partial charge in [-0.1, -0.05) is 0 Å². The van der Waals surface area contributed by atoms with E-state index in [2.05, 4.69) is 0 Å². The highest BCUT2D eigenvalue weighted by molar-refractivity contribution is 5.71. The minimum absolute atomic E-state index is 0.220. The molecule has 0 aromatic heterocycles. The smallest absolute Gasteiger partial charge is 0.307 e. The Morgan fingerprint density at radius 2 is 2.33 bits per heavy atom. The van der Waals surface area contributed by atoms with E-state index in [4.69, 9.17) is 10.4 Å². The van der Waals surface area contributed by atoms with E-state index >= 15 is 0 Å². The minimum atomic E-state index is -0.826. The lowest BCUT2D eigenvalue weighted by atomic mass is 9.75. The average molecular weight is 125 g/mol. The summed E-state index contributed by atoms with van der Waals surface area (Å²) in [6, 6.07) is 1.95. The molecule has 1 N–H and O–H groups in total. The number of nitrogens with zero attached hydrogens (tertiary/aromatic N) is 1. The van der Waals surface area contributed by atoms with Crippen LogP contribution in [-0.2, 0) is 4.79 Å². The van der Waals surface area contributed by atoms with Gasteiger partial charge in [-0.05, 0) is 12.8 Å². The topological polar surface area (TPSA) is 61.1 Å². The predicted octanol–water partition coefficient (Wildman–Crippen LogP) is 0.621. The second kappa shape index (κ2) is 2.06. The number of nitriles is 1. The molecule has 0 aromatic rings. The minimum Gasteiger partial charge on any atom is -0.481 e. The van der Waals surface area contributed by atoms with Gasteiger partial charge in [-0.25, -0.2) is 0 Å². The number of rotatable bonds is 1. The van der Waals surface area contributed by atoms with Crippen LogP contribution < -0.4 is 0 Å². The normalized spacial score (nSPS) is 32.3. The summed E-state index contributed by atoms with van der Waals surface area (Å²) in [5, 5.41) is 16.7. The molecule has 0 aromatic carbocycles. The summed E-state index contributed by atoms with van der Waals surface area (Å²) in [5.74, 6) is -1.43. The van der Waals surface area contributed by atoms with Crippen molar-refractivity contribution in [2.45, 2.75) is 12.8 Å². The van der Waals surface area contributed by atoms with Crippen molar-refractivity contribution in [1.29, 1.82) is 5.26 Å². The Morgan fingerprint density at radius 3 is 2.44 bits per heavy atom. The SMILES string of the molecule is N#C[C@@H]1CC[C@@H]1C(=O)O. The van der Waals surface area contributed by atoms with Gasteiger partial charge in [-0.15, -0.1) is 0 Å². The predicted molar refractivity (Wildman–Crippen MR) is 29.5 cm³/mol. The van der Waals surface area contributed by atoms with Crippen LogP contribution in [0.1, 0.15) is 12.8 Å². The van der Waals surface area contributed by atoms with Gasteiger partial charge < -0.3 is 5.11 Å². The maximum Gasteiger partial charge on any atom is 0.307 e. The van der Waals surface area contributed by atoms with Crippen LogP contribution in [0.15, 0.2) is 0 Å². The van der Waals surface area contributed by atoms with E-state index in [9.17, 15) is 4.79 Å². The molecule has 0 aliphatic heterocycles. The molecule has 0 heterocycles. The third kappa shape index (κ3) is 0.879. The summed E-state index contributed by atoms with van der Waals surface area (Å²) < 4.78 is 0. The Kier molecular flexibility index (Phi) is 1.39. The summed E-state index contributed by atoms with van der Waals surface area (Å²) in [7, 11) is 0. The molecule has 0 amide bonds. The Bertz CT molecular complexity index is 170. The van der Waals surface area contributed by atoms with Crippen LogP contribution >= 0.6 is 0 Å². The van der Waals surface area contributed by atoms with Gasteiger partial charge in [0.1, 0.15) is 0 Å². The van der Waals surface area contributed by atoms with E-state index in [0.717, 1.165) is 6.42 Å². The zero-order valence-electron chi connectivity index (χ0n) is 4.87. The van der Waals surface area contributed by atoms with Gasteiger partial charge in [0.2, 0.25) is 0 Å². The maximum atomic E-state index is 10.2. The summed E-state index contributed by atoms with van der Waals surface area (Å²) >= 11 is 0. The van der Waals surface area contributed by atoms with Crippen molar-refractivity contribution in [2.75, 3.05) is 0 Å². The van der Waals surface area contributed by atoms with Crippen molar-refractivity contribution in [3.63, 3.8) is 0 Å². The van der Waals surface area contributed by atoms with E-state index in [1.807, 2.05) is 6.07 Å². The standard InChI is InChI=1S/C6H7NO2/c7-3-4-1-2-5(4)6(8)9/h4-5H,1-2H2,(H,8,9)/t4-,5-/m0/s1. The van der Waals surface area contributed by atoms with Crippen molar-refractivity contribution in [2.24, 2.45) is 11.8 Å². The van der Waals surface area contributed by atoms with E-state index in [0.29, 0.717) is 6.42 Å². The maximum absolute atomic E-state index is 10.2. The van der Waals surface area contributed by atoms with Crippen LogP contribution in [0.4, 0.5) is 0 Å². The van der Waals surface area contributed by atoms with Crippen molar-refractivity contribution in [1.82, 2.24) is 0 Å². The lowest BCUT2D eigenvalue weighted by Gasteiger charge is -2.26. The van der Waals surface area contributed by atoms with Crippen LogP contribution in [0, 0.1) is 23.2 Å². The van der Waals surface area contributed by atoms with Gasteiger partial charge in [-0.3, -0.25) is 4.79 Å². The van der Waals surface area contributed by atoms with Crippen molar-refractivity contribution in [3.8, 4) is 6.07 Å². The number of carboxylic acid groups (broad SMARTS) is 1. The first-order valence-corrected chi connectivity index (χ1v) is 2.88. The molecule has 1 aliphatic carbocycles. The lowest BCUT2D eigenvalue weighted by Crippen LogP contribution is -2.31. The second-order valence-electron chi connectivity index (χ2n) is 2.26. The molecule has 1 saturated carbocycles. The molecule has 48 valence electrons. The summed E-state index contributed by atoms with van der Waals surface area (Å²) in [6.45, 7) is 0. The Morgan fingerprint density at radius 1 is 1.67 bits per heavy atom. The van der Waals surface area contributed by atoms with Gasteiger partial charge in [0, 0.05) is 0 Å². The molecule has 1 aliphatic rings. The molecule has 2 atom stereocenters. The number of hydrogen-bond acceptors (Lipinski definition) is 2.